The summed E-state index contributed by atoms with van der Waals surface area (Å²) >= 11 is 5.89. The van der Waals surface area contributed by atoms with Gasteiger partial charge >= 0.3 is 0 Å². The molecule has 1 aliphatic rings. The standard InChI is InChI=1S/C18H18ClN3O3/c19-14-10-13(18(23)17(11-14)22(24)25)12-20-15-6-2-3-7-16(15)21-8-4-1-5-9-21/h2-3,6-7,10-12,23H,1,4-5,8-9H2/p-1. The summed E-state index contributed by atoms with van der Waals surface area (Å²) in [5.74, 6) is -0.686. The van der Waals surface area contributed by atoms with Crippen LogP contribution in [0.25, 0.3) is 0 Å². The fourth-order valence-electron chi connectivity index (χ4n) is 2.95. The second-order valence-electron chi connectivity index (χ2n) is 5.89. The second-order valence-corrected chi connectivity index (χ2v) is 6.33. The summed E-state index contributed by atoms with van der Waals surface area (Å²) in [6.45, 7) is 1.95. The number of nitro groups is 1. The summed E-state index contributed by atoms with van der Waals surface area (Å²) in [6.07, 6.45) is 4.87. The molecular formula is C18H17ClN3O3-. The zero-order valence-corrected chi connectivity index (χ0v) is 14.3. The van der Waals surface area contributed by atoms with Crippen molar-refractivity contribution in [1.29, 1.82) is 0 Å². The van der Waals surface area contributed by atoms with Gasteiger partial charge in [0, 0.05) is 30.4 Å². The van der Waals surface area contributed by atoms with Gasteiger partial charge < -0.3 is 10.0 Å². The van der Waals surface area contributed by atoms with Gasteiger partial charge in [-0.25, -0.2) is 0 Å². The number of benzene rings is 2. The van der Waals surface area contributed by atoms with E-state index in [1.165, 1.54) is 18.7 Å². The lowest BCUT2D eigenvalue weighted by atomic mass is 10.1. The lowest BCUT2D eigenvalue weighted by Gasteiger charge is -2.29. The van der Waals surface area contributed by atoms with Crippen LogP contribution in [0, 0.1) is 10.1 Å². The van der Waals surface area contributed by atoms with E-state index in [0.29, 0.717) is 0 Å². The molecule has 0 spiro atoms. The van der Waals surface area contributed by atoms with E-state index in [1.807, 2.05) is 24.3 Å². The van der Waals surface area contributed by atoms with E-state index < -0.39 is 16.4 Å². The first-order valence-corrected chi connectivity index (χ1v) is 8.47. The highest BCUT2D eigenvalue weighted by atomic mass is 35.5. The minimum Gasteiger partial charge on any atom is -0.867 e. The number of aliphatic imine (C=N–C) groups is 1. The molecule has 2 aromatic carbocycles. The quantitative estimate of drug-likeness (QED) is 0.468. The number of piperidine rings is 1. The zero-order chi connectivity index (χ0) is 17.8. The first kappa shape index (κ1) is 17.2. The molecule has 130 valence electrons. The lowest BCUT2D eigenvalue weighted by molar-refractivity contribution is -0.398. The van der Waals surface area contributed by atoms with E-state index in [1.54, 1.807) is 0 Å². The third kappa shape index (κ3) is 3.91. The number of para-hydroxylation sites is 2. The largest absolute Gasteiger partial charge is 0.867 e. The molecule has 7 heteroatoms. The van der Waals surface area contributed by atoms with E-state index in [4.69, 9.17) is 11.6 Å². The van der Waals surface area contributed by atoms with Crippen LogP contribution < -0.4 is 10.0 Å². The summed E-state index contributed by atoms with van der Waals surface area (Å²) in [5.41, 5.74) is 1.29. The third-order valence-electron chi connectivity index (χ3n) is 4.18. The topological polar surface area (TPSA) is 81.8 Å². The molecule has 0 radical (unpaired) electrons. The molecule has 25 heavy (non-hydrogen) atoms. The van der Waals surface area contributed by atoms with Crippen molar-refractivity contribution in [3.63, 3.8) is 0 Å². The molecule has 0 N–H and O–H groups in total. The summed E-state index contributed by atoms with van der Waals surface area (Å²) in [7, 11) is 0. The van der Waals surface area contributed by atoms with Crippen LogP contribution in [0.3, 0.4) is 0 Å². The molecule has 0 aromatic heterocycles. The Balaban J connectivity index is 1.94. The smallest absolute Gasteiger partial charge is 0.263 e. The van der Waals surface area contributed by atoms with Crippen LogP contribution in [0.1, 0.15) is 24.8 Å². The summed E-state index contributed by atoms with van der Waals surface area (Å²) in [5, 5.41) is 23.3. The van der Waals surface area contributed by atoms with Crippen molar-refractivity contribution < 1.29 is 10.0 Å². The molecule has 1 saturated heterocycles. The molecule has 0 aliphatic carbocycles. The fraction of sp³-hybridized carbons (Fsp3) is 0.278. The Labute approximate surface area is 150 Å². The van der Waals surface area contributed by atoms with Crippen molar-refractivity contribution in [1.82, 2.24) is 0 Å². The fourth-order valence-corrected chi connectivity index (χ4v) is 3.17. The molecular weight excluding hydrogens is 342 g/mol. The number of hydrogen-bond donors (Lipinski definition) is 0. The number of rotatable bonds is 4. The van der Waals surface area contributed by atoms with Gasteiger partial charge in [0.05, 0.1) is 16.3 Å². The number of anilines is 1. The van der Waals surface area contributed by atoms with Crippen LogP contribution in [-0.2, 0) is 0 Å². The molecule has 0 amide bonds. The highest BCUT2D eigenvalue weighted by Gasteiger charge is 2.14. The number of halogens is 1. The van der Waals surface area contributed by atoms with E-state index in [-0.39, 0.29) is 10.6 Å². The Bertz CT molecular complexity index is 817. The van der Waals surface area contributed by atoms with Gasteiger partial charge in [-0.15, -0.1) is 0 Å². The molecule has 1 aliphatic heterocycles. The predicted molar refractivity (Wildman–Crippen MR) is 97.3 cm³/mol. The first-order valence-electron chi connectivity index (χ1n) is 8.09. The van der Waals surface area contributed by atoms with Crippen LogP contribution in [0.2, 0.25) is 5.02 Å². The van der Waals surface area contributed by atoms with Crippen LogP contribution >= 0.6 is 11.6 Å². The number of nitro benzene ring substituents is 1. The number of hydrogen-bond acceptors (Lipinski definition) is 5. The normalized spacial score (nSPS) is 14.8. The maximum absolute atomic E-state index is 12.2. The van der Waals surface area contributed by atoms with Gasteiger partial charge in [-0.1, -0.05) is 23.7 Å². The van der Waals surface area contributed by atoms with Gasteiger partial charge in [0.15, 0.2) is 0 Å². The van der Waals surface area contributed by atoms with Crippen molar-refractivity contribution in [2.45, 2.75) is 19.3 Å². The molecule has 1 fully saturated rings. The Morgan fingerprint density at radius 3 is 2.60 bits per heavy atom. The Morgan fingerprint density at radius 1 is 1.16 bits per heavy atom. The van der Waals surface area contributed by atoms with E-state index in [9.17, 15) is 15.2 Å². The van der Waals surface area contributed by atoms with Crippen LogP contribution in [0.15, 0.2) is 41.4 Å². The predicted octanol–water partition coefficient (Wildman–Crippen LogP) is 4.06. The summed E-state index contributed by atoms with van der Waals surface area (Å²) in [6, 6.07) is 10.1. The minimum atomic E-state index is -0.729. The molecule has 6 nitrogen and oxygen atoms in total. The van der Waals surface area contributed by atoms with Crippen molar-refractivity contribution in [3.05, 3.63) is 57.1 Å². The molecule has 0 bridgehead atoms. The number of nitrogens with zero attached hydrogens (tertiary/aromatic N) is 3. The second kappa shape index (κ2) is 7.53. The maximum Gasteiger partial charge on any atom is 0.263 e. The van der Waals surface area contributed by atoms with Crippen molar-refractivity contribution >= 4 is 34.9 Å². The molecule has 1 heterocycles. The van der Waals surface area contributed by atoms with Crippen LogP contribution in [-0.4, -0.2) is 24.2 Å². The van der Waals surface area contributed by atoms with Gasteiger partial charge in [0.25, 0.3) is 5.69 Å². The van der Waals surface area contributed by atoms with Gasteiger partial charge in [0.1, 0.15) is 0 Å². The van der Waals surface area contributed by atoms with Crippen LogP contribution in [0.5, 0.6) is 5.75 Å². The van der Waals surface area contributed by atoms with Crippen molar-refractivity contribution in [3.8, 4) is 5.75 Å². The van der Waals surface area contributed by atoms with Gasteiger partial charge in [-0.3, -0.25) is 15.1 Å². The van der Waals surface area contributed by atoms with Crippen molar-refractivity contribution in [2.75, 3.05) is 18.0 Å². The minimum absolute atomic E-state index is 0.104. The Hall–Kier alpha value is -2.60. The van der Waals surface area contributed by atoms with Gasteiger partial charge in [-0.2, -0.15) is 0 Å². The highest BCUT2D eigenvalue weighted by Crippen LogP contribution is 2.33. The molecule has 0 unspecified atom stereocenters. The van der Waals surface area contributed by atoms with Gasteiger partial charge in [0.2, 0.25) is 0 Å². The highest BCUT2D eigenvalue weighted by molar-refractivity contribution is 6.31. The van der Waals surface area contributed by atoms with E-state index in [2.05, 4.69) is 9.89 Å². The third-order valence-corrected chi connectivity index (χ3v) is 4.40. The Kier molecular flexibility index (Phi) is 5.19. The van der Waals surface area contributed by atoms with Gasteiger partial charge in [-0.05, 0) is 48.8 Å². The monoisotopic (exact) mass is 358 g/mol. The Morgan fingerprint density at radius 2 is 1.88 bits per heavy atom. The molecule has 3 rings (SSSR count). The SMILES string of the molecule is O=[N+]([O-])c1cc(Cl)cc(C=Nc2ccccc2N2CCCCC2)c1[O-]. The summed E-state index contributed by atoms with van der Waals surface area (Å²) in [4.78, 5) is 16.9. The first-order chi connectivity index (χ1) is 12.1. The lowest BCUT2D eigenvalue weighted by Crippen LogP contribution is -2.29. The summed E-state index contributed by atoms with van der Waals surface area (Å²) < 4.78 is 0. The van der Waals surface area contributed by atoms with E-state index >= 15 is 0 Å². The molecule has 0 saturated carbocycles. The average Bonchev–Trinajstić information content (AvgIpc) is 2.63. The average molecular weight is 359 g/mol. The molecule has 2 aromatic rings. The zero-order valence-electron chi connectivity index (χ0n) is 13.5. The van der Waals surface area contributed by atoms with E-state index in [0.717, 1.165) is 43.4 Å². The maximum atomic E-state index is 12.2. The van der Waals surface area contributed by atoms with Crippen molar-refractivity contribution in [2.24, 2.45) is 4.99 Å². The van der Waals surface area contributed by atoms with Crippen LogP contribution in [0.4, 0.5) is 17.1 Å². The molecule has 0 atom stereocenters.